The second kappa shape index (κ2) is 8.38. The van der Waals surface area contributed by atoms with Crippen molar-refractivity contribution in [3.63, 3.8) is 0 Å². The second-order valence-electron chi connectivity index (χ2n) is 8.24. The van der Waals surface area contributed by atoms with Gasteiger partial charge in [-0.25, -0.2) is 4.98 Å². The van der Waals surface area contributed by atoms with E-state index in [1.165, 1.54) is 12.0 Å². The third-order valence-electron chi connectivity index (χ3n) is 5.85. The SMILES string of the molecule is CCc1nc(C)c(CC(=O)N2C[C@@H]3CC[C@H](C2)N(CC=C(C)C)C3)c(=O)[nH]1. The van der Waals surface area contributed by atoms with E-state index in [9.17, 15) is 9.59 Å². The molecule has 1 aromatic rings. The molecule has 4 heterocycles. The van der Waals surface area contributed by atoms with Crippen LogP contribution in [0.2, 0.25) is 0 Å². The molecule has 4 rings (SSSR count). The van der Waals surface area contributed by atoms with Crippen molar-refractivity contribution in [2.75, 3.05) is 26.2 Å². The van der Waals surface area contributed by atoms with Crippen LogP contribution >= 0.6 is 0 Å². The lowest BCUT2D eigenvalue weighted by atomic mass is 9.95. The summed E-state index contributed by atoms with van der Waals surface area (Å²) in [5, 5.41) is 0. The third-order valence-corrected chi connectivity index (χ3v) is 5.85. The van der Waals surface area contributed by atoms with Gasteiger partial charge in [0, 0.05) is 49.9 Å². The quantitative estimate of drug-likeness (QED) is 0.804. The fraction of sp³-hybridized carbons (Fsp3) is 0.667. The molecule has 1 aromatic heterocycles. The number of aryl methyl sites for hydroxylation is 2. The fourth-order valence-corrected chi connectivity index (χ4v) is 4.21. The highest BCUT2D eigenvalue weighted by molar-refractivity contribution is 5.79. The molecule has 0 aromatic carbocycles. The molecule has 148 valence electrons. The van der Waals surface area contributed by atoms with Crippen LogP contribution in [0.1, 0.15) is 50.7 Å². The van der Waals surface area contributed by atoms with Gasteiger partial charge < -0.3 is 9.88 Å². The predicted octanol–water partition coefficient (Wildman–Crippen LogP) is 2.07. The molecule has 3 saturated heterocycles. The van der Waals surface area contributed by atoms with Gasteiger partial charge in [-0.2, -0.15) is 0 Å². The molecule has 0 aliphatic carbocycles. The topological polar surface area (TPSA) is 69.3 Å². The van der Waals surface area contributed by atoms with Gasteiger partial charge in [0.15, 0.2) is 0 Å². The summed E-state index contributed by atoms with van der Waals surface area (Å²) >= 11 is 0. The monoisotopic (exact) mass is 372 g/mol. The van der Waals surface area contributed by atoms with Gasteiger partial charge in [0.1, 0.15) is 5.82 Å². The van der Waals surface area contributed by atoms with Crippen LogP contribution in [-0.2, 0) is 17.6 Å². The number of nitrogens with zero attached hydrogens (tertiary/aromatic N) is 3. The first-order valence-electron chi connectivity index (χ1n) is 10.1. The first kappa shape index (κ1) is 19.8. The number of amides is 1. The number of rotatable bonds is 5. The Labute approximate surface area is 161 Å². The van der Waals surface area contributed by atoms with Crippen molar-refractivity contribution < 1.29 is 4.79 Å². The normalized spacial score (nSPS) is 22.6. The molecule has 0 saturated carbocycles. The van der Waals surface area contributed by atoms with Gasteiger partial charge in [0.05, 0.1) is 6.42 Å². The van der Waals surface area contributed by atoms with Crippen LogP contribution in [0.5, 0.6) is 0 Å². The molecule has 2 atom stereocenters. The van der Waals surface area contributed by atoms with Crippen LogP contribution in [0.3, 0.4) is 0 Å². The zero-order valence-electron chi connectivity index (χ0n) is 17.0. The van der Waals surface area contributed by atoms with Crippen molar-refractivity contribution in [3.8, 4) is 0 Å². The number of hydrogen-bond acceptors (Lipinski definition) is 4. The zero-order valence-corrected chi connectivity index (χ0v) is 17.0. The van der Waals surface area contributed by atoms with Crippen molar-refractivity contribution in [3.05, 3.63) is 39.1 Å². The maximum atomic E-state index is 13.0. The van der Waals surface area contributed by atoms with E-state index in [4.69, 9.17) is 0 Å². The Morgan fingerprint density at radius 2 is 2.04 bits per heavy atom. The van der Waals surface area contributed by atoms with Crippen LogP contribution in [0, 0.1) is 12.8 Å². The highest BCUT2D eigenvalue weighted by Gasteiger charge is 2.36. The van der Waals surface area contributed by atoms with Crippen molar-refractivity contribution in [1.29, 1.82) is 0 Å². The van der Waals surface area contributed by atoms with E-state index in [-0.39, 0.29) is 17.9 Å². The van der Waals surface area contributed by atoms with Crippen LogP contribution in [-0.4, -0.2) is 57.9 Å². The number of fused-ring (bicyclic) bond motifs is 4. The molecule has 6 nitrogen and oxygen atoms in total. The molecule has 3 aliphatic rings. The fourth-order valence-electron chi connectivity index (χ4n) is 4.21. The first-order valence-corrected chi connectivity index (χ1v) is 10.1. The number of nitrogens with one attached hydrogen (secondary N) is 1. The molecule has 3 aliphatic heterocycles. The highest BCUT2D eigenvalue weighted by Crippen LogP contribution is 2.28. The molecule has 27 heavy (non-hydrogen) atoms. The van der Waals surface area contributed by atoms with Gasteiger partial charge >= 0.3 is 0 Å². The standard InChI is InChI=1S/C21H32N4O2/c1-5-19-22-15(4)18(21(27)23-19)10-20(26)25-12-16-6-7-17(13-25)24(11-16)9-8-14(2)3/h8,16-17H,5-7,9-13H2,1-4H3,(H,22,23,27)/t16-,17-/m1/s1. The Morgan fingerprint density at radius 3 is 2.70 bits per heavy atom. The number of allylic oxidation sites excluding steroid dienone is 1. The smallest absolute Gasteiger partial charge is 0.254 e. The molecule has 0 unspecified atom stereocenters. The average molecular weight is 373 g/mol. The maximum absolute atomic E-state index is 13.0. The van der Waals surface area contributed by atoms with Crippen molar-refractivity contribution >= 4 is 5.91 Å². The van der Waals surface area contributed by atoms with Gasteiger partial charge in [-0.1, -0.05) is 18.6 Å². The van der Waals surface area contributed by atoms with Crippen molar-refractivity contribution in [2.24, 2.45) is 5.92 Å². The van der Waals surface area contributed by atoms with Crippen LogP contribution in [0.25, 0.3) is 0 Å². The minimum atomic E-state index is -0.171. The van der Waals surface area contributed by atoms with Gasteiger partial charge in [0.2, 0.25) is 5.91 Å². The number of aromatic amines is 1. The Hall–Kier alpha value is -1.95. The predicted molar refractivity (Wildman–Crippen MR) is 107 cm³/mol. The van der Waals surface area contributed by atoms with Gasteiger partial charge in [-0.15, -0.1) is 0 Å². The highest BCUT2D eigenvalue weighted by atomic mass is 16.2. The molecule has 6 heteroatoms. The van der Waals surface area contributed by atoms with E-state index in [1.807, 2.05) is 18.7 Å². The summed E-state index contributed by atoms with van der Waals surface area (Å²) in [6.07, 6.45) is 5.44. The first-order chi connectivity index (χ1) is 12.9. The number of hydrogen-bond donors (Lipinski definition) is 1. The van der Waals surface area contributed by atoms with Crippen LogP contribution in [0.15, 0.2) is 16.4 Å². The molecule has 1 amide bonds. The molecular formula is C21H32N4O2. The summed E-state index contributed by atoms with van der Waals surface area (Å²) in [5.74, 6) is 1.25. The molecule has 3 fully saturated rings. The zero-order chi connectivity index (χ0) is 19.6. The largest absolute Gasteiger partial charge is 0.341 e. The van der Waals surface area contributed by atoms with E-state index >= 15 is 0 Å². The number of carbonyl (C=O) groups excluding carboxylic acids is 1. The summed E-state index contributed by atoms with van der Waals surface area (Å²) < 4.78 is 0. The molecular weight excluding hydrogens is 340 g/mol. The van der Waals surface area contributed by atoms with E-state index in [2.05, 4.69) is 34.8 Å². The number of aromatic nitrogens is 2. The summed E-state index contributed by atoms with van der Waals surface area (Å²) in [4.78, 5) is 37.1. The summed E-state index contributed by atoms with van der Waals surface area (Å²) in [5.41, 5.74) is 2.35. The van der Waals surface area contributed by atoms with E-state index < -0.39 is 0 Å². The van der Waals surface area contributed by atoms with Gasteiger partial charge in [0.25, 0.3) is 5.56 Å². The molecule has 1 N–H and O–H groups in total. The van der Waals surface area contributed by atoms with Crippen molar-refractivity contribution in [1.82, 2.24) is 19.8 Å². The lowest BCUT2D eigenvalue weighted by Crippen LogP contribution is -2.44. The Morgan fingerprint density at radius 1 is 1.26 bits per heavy atom. The number of carbonyl (C=O) groups is 1. The van der Waals surface area contributed by atoms with E-state index in [1.54, 1.807) is 0 Å². The van der Waals surface area contributed by atoms with Crippen LogP contribution in [0.4, 0.5) is 0 Å². The molecule has 0 spiro atoms. The lowest BCUT2D eigenvalue weighted by Gasteiger charge is -2.35. The minimum absolute atomic E-state index is 0.0515. The summed E-state index contributed by atoms with van der Waals surface area (Å²) in [6, 6.07) is 0.420. The van der Waals surface area contributed by atoms with Gasteiger partial charge in [-0.05, 0) is 39.5 Å². The Kier molecular flexibility index (Phi) is 6.15. The summed E-state index contributed by atoms with van der Waals surface area (Å²) in [7, 11) is 0. The number of H-pyrrole nitrogens is 1. The summed E-state index contributed by atoms with van der Waals surface area (Å²) in [6.45, 7) is 11.6. The van der Waals surface area contributed by atoms with Gasteiger partial charge in [-0.3, -0.25) is 14.5 Å². The minimum Gasteiger partial charge on any atom is -0.341 e. The van der Waals surface area contributed by atoms with E-state index in [0.717, 1.165) is 32.6 Å². The van der Waals surface area contributed by atoms with Crippen molar-refractivity contribution in [2.45, 2.75) is 59.4 Å². The van der Waals surface area contributed by atoms with Crippen LogP contribution < -0.4 is 5.56 Å². The maximum Gasteiger partial charge on any atom is 0.254 e. The lowest BCUT2D eigenvalue weighted by molar-refractivity contribution is -0.130. The Bertz CT molecular complexity index is 779. The van der Waals surface area contributed by atoms with E-state index in [0.29, 0.717) is 35.5 Å². The Balaban J connectivity index is 1.71. The third kappa shape index (κ3) is 4.67. The molecule has 2 bridgehead atoms. The average Bonchev–Trinajstić information content (AvgIpc) is 2.94. The second-order valence-corrected chi connectivity index (χ2v) is 8.24. The number of piperidine rings is 1. The molecule has 0 radical (unpaired) electrons.